The largest absolute Gasteiger partial charge is 0.407 e. The van der Waals surface area contributed by atoms with Crippen LogP contribution in [0.2, 0.25) is 5.04 Å². The van der Waals surface area contributed by atoms with Crippen LogP contribution in [0.25, 0.3) is 0 Å². The lowest BCUT2D eigenvalue weighted by molar-refractivity contribution is 0.169. The van der Waals surface area contributed by atoms with E-state index in [0.717, 1.165) is 12.8 Å². The van der Waals surface area contributed by atoms with Gasteiger partial charge in [0.25, 0.3) is 8.32 Å². The van der Waals surface area contributed by atoms with Gasteiger partial charge < -0.3 is 9.53 Å². The Bertz CT molecular complexity index is 563. The van der Waals surface area contributed by atoms with E-state index in [0.29, 0.717) is 6.61 Å². The fraction of sp³-hybridized carbons (Fsp3) is 0.429. The molecule has 2 nitrogen and oxygen atoms in total. The molecular weight excluding hydrogens is 312 g/mol. The highest BCUT2D eigenvalue weighted by molar-refractivity contribution is 6.99. The van der Waals surface area contributed by atoms with E-state index in [9.17, 15) is 5.11 Å². The Morgan fingerprint density at radius 2 is 1.38 bits per heavy atom. The molecule has 2 aromatic rings. The SMILES string of the molecule is C[C@H](O)CCCO[Si](c1ccccc1)(c1ccccc1)C(C)(C)C. The van der Waals surface area contributed by atoms with Crippen molar-refractivity contribution in [2.45, 2.75) is 51.7 Å². The fourth-order valence-electron chi connectivity index (χ4n) is 3.37. The van der Waals surface area contributed by atoms with E-state index in [1.807, 2.05) is 6.92 Å². The smallest absolute Gasteiger partial charge is 0.261 e. The summed E-state index contributed by atoms with van der Waals surface area (Å²) < 4.78 is 6.74. The first-order valence-corrected chi connectivity index (χ1v) is 10.7. The molecule has 0 aliphatic carbocycles. The fourth-order valence-corrected chi connectivity index (χ4v) is 7.97. The van der Waals surface area contributed by atoms with E-state index in [-0.39, 0.29) is 11.1 Å². The van der Waals surface area contributed by atoms with Crippen LogP contribution in [0.3, 0.4) is 0 Å². The molecule has 0 radical (unpaired) electrons. The first kappa shape index (κ1) is 18.9. The van der Waals surface area contributed by atoms with Gasteiger partial charge in [0.15, 0.2) is 0 Å². The van der Waals surface area contributed by atoms with Gasteiger partial charge in [-0.15, -0.1) is 0 Å². The maximum absolute atomic E-state index is 9.53. The number of hydrogen-bond donors (Lipinski definition) is 1. The van der Waals surface area contributed by atoms with Crippen LogP contribution in [0.5, 0.6) is 0 Å². The van der Waals surface area contributed by atoms with Crippen LogP contribution in [-0.2, 0) is 4.43 Å². The number of aliphatic hydroxyl groups is 1. The average molecular weight is 343 g/mol. The van der Waals surface area contributed by atoms with Crippen molar-refractivity contribution in [3.63, 3.8) is 0 Å². The Balaban J connectivity index is 2.45. The minimum atomic E-state index is -2.40. The van der Waals surface area contributed by atoms with Gasteiger partial charge in [-0.1, -0.05) is 81.4 Å². The molecule has 0 fully saturated rings. The van der Waals surface area contributed by atoms with Crippen molar-refractivity contribution in [1.29, 1.82) is 0 Å². The summed E-state index contributed by atoms with van der Waals surface area (Å²) in [7, 11) is -2.40. The molecule has 24 heavy (non-hydrogen) atoms. The molecule has 0 unspecified atom stereocenters. The van der Waals surface area contributed by atoms with Gasteiger partial charge in [0, 0.05) is 6.61 Å². The maximum atomic E-state index is 9.53. The molecular formula is C21H30O2Si. The summed E-state index contributed by atoms with van der Waals surface area (Å²) in [5, 5.41) is 12.2. The third kappa shape index (κ3) is 4.15. The Hall–Kier alpha value is -1.42. The van der Waals surface area contributed by atoms with E-state index >= 15 is 0 Å². The predicted octanol–water partition coefficient (Wildman–Crippen LogP) is 3.72. The zero-order chi connectivity index (χ0) is 17.6. The molecule has 0 saturated carbocycles. The summed E-state index contributed by atoms with van der Waals surface area (Å²) in [4.78, 5) is 0. The molecule has 2 rings (SSSR count). The molecule has 1 atom stereocenters. The predicted molar refractivity (Wildman–Crippen MR) is 104 cm³/mol. The van der Waals surface area contributed by atoms with Crippen LogP contribution in [0, 0.1) is 0 Å². The summed E-state index contributed by atoms with van der Waals surface area (Å²) in [6.45, 7) is 9.37. The second-order valence-electron chi connectivity index (χ2n) is 7.50. The highest BCUT2D eigenvalue weighted by Crippen LogP contribution is 2.36. The lowest BCUT2D eigenvalue weighted by atomic mass is 10.2. The van der Waals surface area contributed by atoms with Crippen LogP contribution in [0.4, 0.5) is 0 Å². The van der Waals surface area contributed by atoms with E-state index in [1.165, 1.54) is 10.4 Å². The maximum Gasteiger partial charge on any atom is 0.261 e. The Morgan fingerprint density at radius 3 is 1.75 bits per heavy atom. The number of hydrogen-bond acceptors (Lipinski definition) is 2. The summed E-state index contributed by atoms with van der Waals surface area (Å²) >= 11 is 0. The van der Waals surface area contributed by atoms with Crippen molar-refractivity contribution in [3.8, 4) is 0 Å². The van der Waals surface area contributed by atoms with Gasteiger partial charge in [-0.3, -0.25) is 0 Å². The van der Waals surface area contributed by atoms with E-state index in [1.54, 1.807) is 0 Å². The molecule has 1 N–H and O–H groups in total. The lowest BCUT2D eigenvalue weighted by Crippen LogP contribution is -2.66. The third-order valence-electron chi connectivity index (χ3n) is 4.50. The highest BCUT2D eigenvalue weighted by Gasteiger charge is 2.49. The van der Waals surface area contributed by atoms with Crippen molar-refractivity contribution >= 4 is 18.7 Å². The van der Waals surface area contributed by atoms with Crippen LogP contribution in [-0.4, -0.2) is 26.1 Å². The van der Waals surface area contributed by atoms with Gasteiger partial charge in [0.1, 0.15) is 0 Å². The molecule has 0 aromatic heterocycles. The van der Waals surface area contributed by atoms with Gasteiger partial charge in [-0.05, 0) is 35.2 Å². The third-order valence-corrected chi connectivity index (χ3v) is 9.54. The quantitative estimate of drug-likeness (QED) is 0.614. The van der Waals surface area contributed by atoms with Gasteiger partial charge in [-0.25, -0.2) is 0 Å². The van der Waals surface area contributed by atoms with Crippen molar-refractivity contribution in [2.24, 2.45) is 0 Å². The Kier molecular flexibility index (Phi) is 6.38. The first-order valence-electron chi connectivity index (χ1n) is 8.81. The van der Waals surface area contributed by atoms with E-state index < -0.39 is 8.32 Å². The standard InChI is InChI=1S/C21H30O2Si/c1-18(22)12-11-17-23-24(21(2,3)4,19-13-7-5-8-14-19)20-15-9-6-10-16-20/h5-10,13-16,18,22H,11-12,17H2,1-4H3/t18-/m0/s1. The van der Waals surface area contributed by atoms with Crippen molar-refractivity contribution in [1.82, 2.24) is 0 Å². The molecule has 0 amide bonds. The minimum absolute atomic E-state index is 0.0144. The van der Waals surface area contributed by atoms with Crippen LogP contribution in [0.15, 0.2) is 60.7 Å². The molecule has 130 valence electrons. The molecule has 0 aliphatic rings. The topological polar surface area (TPSA) is 29.5 Å². The molecule has 0 saturated heterocycles. The lowest BCUT2D eigenvalue weighted by Gasteiger charge is -2.43. The minimum Gasteiger partial charge on any atom is -0.407 e. The van der Waals surface area contributed by atoms with Crippen LogP contribution >= 0.6 is 0 Å². The van der Waals surface area contributed by atoms with Crippen LogP contribution < -0.4 is 10.4 Å². The van der Waals surface area contributed by atoms with Gasteiger partial charge in [-0.2, -0.15) is 0 Å². The van der Waals surface area contributed by atoms with Gasteiger partial charge in [0.2, 0.25) is 0 Å². The molecule has 0 aliphatic heterocycles. The highest BCUT2D eigenvalue weighted by atomic mass is 28.4. The Labute approximate surface area is 147 Å². The summed E-state index contributed by atoms with van der Waals surface area (Å²) in [6.07, 6.45) is 1.38. The molecule has 0 spiro atoms. The molecule has 0 bridgehead atoms. The molecule has 3 heteroatoms. The average Bonchev–Trinajstić information content (AvgIpc) is 2.55. The summed E-state index contributed by atoms with van der Waals surface area (Å²) in [5.74, 6) is 0. The zero-order valence-electron chi connectivity index (χ0n) is 15.3. The van der Waals surface area contributed by atoms with Crippen molar-refractivity contribution < 1.29 is 9.53 Å². The monoisotopic (exact) mass is 342 g/mol. The van der Waals surface area contributed by atoms with Crippen molar-refractivity contribution in [2.75, 3.05) is 6.61 Å². The van der Waals surface area contributed by atoms with E-state index in [4.69, 9.17) is 4.43 Å². The molecule has 0 heterocycles. The molecule has 2 aromatic carbocycles. The summed E-state index contributed by atoms with van der Waals surface area (Å²) in [6, 6.07) is 21.4. The van der Waals surface area contributed by atoms with E-state index in [2.05, 4.69) is 81.4 Å². The zero-order valence-corrected chi connectivity index (χ0v) is 16.3. The number of rotatable bonds is 7. The second-order valence-corrected chi connectivity index (χ2v) is 11.8. The van der Waals surface area contributed by atoms with Gasteiger partial charge >= 0.3 is 0 Å². The summed E-state index contributed by atoms with van der Waals surface area (Å²) in [5.41, 5.74) is 0. The van der Waals surface area contributed by atoms with Crippen LogP contribution in [0.1, 0.15) is 40.5 Å². The second kappa shape index (κ2) is 8.10. The number of aliphatic hydroxyl groups excluding tert-OH is 1. The first-order chi connectivity index (χ1) is 11.4. The van der Waals surface area contributed by atoms with Gasteiger partial charge in [0.05, 0.1) is 6.10 Å². The normalized spacial score (nSPS) is 13.7. The van der Waals surface area contributed by atoms with Crippen molar-refractivity contribution in [3.05, 3.63) is 60.7 Å². The number of benzene rings is 2. The Morgan fingerprint density at radius 1 is 0.917 bits per heavy atom.